The van der Waals surface area contributed by atoms with Gasteiger partial charge in [0.1, 0.15) is 0 Å². The number of aliphatic hydroxyl groups excluding tert-OH is 1. The highest BCUT2D eigenvalue weighted by molar-refractivity contribution is 6.18. The van der Waals surface area contributed by atoms with Crippen molar-refractivity contribution < 1.29 is 14.6 Å². The lowest BCUT2D eigenvalue weighted by Gasteiger charge is -2.27. The van der Waals surface area contributed by atoms with Crippen LogP contribution < -0.4 is 0 Å². The predicted octanol–water partition coefficient (Wildman–Crippen LogP) is 1.62. The van der Waals surface area contributed by atoms with Crippen LogP contribution >= 0.6 is 11.6 Å². The van der Waals surface area contributed by atoms with Crippen LogP contribution in [0.25, 0.3) is 0 Å². The van der Waals surface area contributed by atoms with Crippen molar-refractivity contribution in [2.75, 3.05) is 20.1 Å². The molecule has 4 heteroatoms. The second-order valence-electron chi connectivity index (χ2n) is 3.01. The topological polar surface area (TPSA) is 38.7 Å². The number of hydrogen-bond acceptors (Lipinski definition) is 3. The van der Waals surface area contributed by atoms with Gasteiger partial charge in [-0.25, -0.2) is 0 Å². The third kappa shape index (κ3) is 4.27. The van der Waals surface area contributed by atoms with Crippen LogP contribution in [-0.4, -0.2) is 37.6 Å². The molecule has 0 aromatic carbocycles. The number of alkyl halides is 1. The molecular weight excluding hydrogens is 192 g/mol. The Morgan fingerprint density at radius 1 is 1.31 bits per heavy atom. The SMILES string of the molecule is CCC[C@H](C(OC)OC)[C@@H](O)CCl. The van der Waals surface area contributed by atoms with E-state index < -0.39 is 6.10 Å². The Morgan fingerprint density at radius 3 is 2.15 bits per heavy atom. The molecule has 80 valence electrons. The second-order valence-corrected chi connectivity index (χ2v) is 3.32. The highest BCUT2D eigenvalue weighted by atomic mass is 35.5. The molecule has 0 rings (SSSR count). The molecule has 0 fully saturated rings. The summed E-state index contributed by atoms with van der Waals surface area (Å²) in [5, 5.41) is 9.59. The van der Waals surface area contributed by atoms with Crippen LogP contribution in [0, 0.1) is 5.92 Å². The van der Waals surface area contributed by atoms with Crippen LogP contribution in [0.2, 0.25) is 0 Å². The van der Waals surface area contributed by atoms with E-state index >= 15 is 0 Å². The maximum absolute atomic E-state index is 9.59. The minimum Gasteiger partial charge on any atom is -0.391 e. The molecule has 0 radical (unpaired) electrons. The number of rotatable bonds is 7. The molecule has 3 nitrogen and oxygen atoms in total. The van der Waals surface area contributed by atoms with Crippen LogP contribution in [0.3, 0.4) is 0 Å². The van der Waals surface area contributed by atoms with Gasteiger partial charge in [-0.1, -0.05) is 13.3 Å². The van der Waals surface area contributed by atoms with Crippen molar-refractivity contribution in [2.24, 2.45) is 5.92 Å². The van der Waals surface area contributed by atoms with Gasteiger partial charge in [-0.2, -0.15) is 0 Å². The Bertz CT molecular complexity index is 117. The summed E-state index contributed by atoms with van der Waals surface area (Å²) < 4.78 is 10.2. The van der Waals surface area contributed by atoms with E-state index in [1.165, 1.54) is 0 Å². The molecule has 13 heavy (non-hydrogen) atoms. The lowest BCUT2D eigenvalue weighted by molar-refractivity contribution is -0.159. The van der Waals surface area contributed by atoms with E-state index in [0.717, 1.165) is 12.8 Å². The molecule has 0 spiro atoms. The molecule has 0 amide bonds. The first-order valence-corrected chi connectivity index (χ1v) is 5.04. The fraction of sp³-hybridized carbons (Fsp3) is 1.00. The number of ether oxygens (including phenoxy) is 2. The van der Waals surface area contributed by atoms with Gasteiger partial charge < -0.3 is 14.6 Å². The Morgan fingerprint density at radius 2 is 1.85 bits per heavy atom. The largest absolute Gasteiger partial charge is 0.391 e. The van der Waals surface area contributed by atoms with E-state index in [1.807, 2.05) is 0 Å². The lowest BCUT2D eigenvalue weighted by Crippen LogP contribution is -2.35. The van der Waals surface area contributed by atoms with Crippen molar-refractivity contribution in [3.8, 4) is 0 Å². The second kappa shape index (κ2) is 7.56. The maximum Gasteiger partial charge on any atom is 0.162 e. The molecule has 0 aliphatic carbocycles. The highest BCUT2D eigenvalue weighted by Crippen LogP contribution is 2.20. The number of halogens is 1. The monoisotopic (exact) mass is 210 g/mol. The van der Waals surface area contributed by atoms with E-state index in [1.54, 1.807) is 14.2 Å². The highest BCUT2D eigenvalue weighted by Gasteiger charge is 2.26. The van der Waals surface area contributed by atoms with Crippen LogP contribution in [0.4, 0.5) is 0 Å². The summed E-state index contributed by atoms with van der Waals surface area (Å²) in [5.41, 5.74) is 0. The van der Waals surface area contributed by atoms with E-state index in [9.17, 15) is 5.11 Å². The molecule has 0 aromatic heterocycles. The van der Waals surface area contributed by atoms with Crippen LogP contribution in [0.5, 0.6) is 0 Å². The third-order valence-corrected chi connectivity index (χ3v) is 2.40. The van der Waals surface area contributed by atoms with E-state index in [4.69, 9.17) is 21.1 Å². The standard InChI is InChI=1S/C9H19ClO3/c1-4-5-7(8(11)6-10)9(12-2)13-3/h7-9,11H,4-6H2,1-3H3/t7-,8-/m0/s1. The van der Waals surface area contributed by atoms with Crippen molar-refractivity contribution in [2.45, 2.75) is 32.2 Å². The molecule has 0 heterocycles. The first-order chi connectivity index (χ1) is 6.21. The minimum atomic E-state index is -0.563. The van der Waals surface area contributed by atoms with Gasteiger partial charge in [-0.05, 0) is 6.42 Å². The van der Waals surface area contributed by atoms with Crippen LogP contribution in [0.15, 0.2) is 0 Å². The smallest absolute Gasteiger partial charge is 0.162 e. The molecular formula is C9H19ClO3. The quantitative estimate of drug-likeness (QED) is 0.513. The van der Waals surface area contributed by atoms with Gasteiger partial charge in [-0.15, -0.1) is 11.6 Å². The fourth-order valence-electron chi connectivity index (χ4n) is 1.40. The van der Waals surface area contributed by atoms with Gasteiger partial charge in [0.25, 0.3) is 0 Å². The number of hydrogen-bond donors (Lipinski definition) is 1. The van der Waals surface area contributed by atoms with Gasteiger partial charge in [0, 0.05) is 26.0 Å². The minimum absolute atomic E-state index is 0.0440. The summed E-state index contributed by atoms with van der Waals surface area (Å²) in [4.78, 5) is 0. The average molecular weight is 211 g/mol. The maximum atomic E-state index is 9.59. The lowest BCUT2D eigenvalue weighted by atomic mass is 9.97. The molecule has 0 aliphatic rings. The summed E-state index contributed by atoms with van der Waals surface area (Å²) in [6.45, 7) is 2.05. The van der Waals surface area contributed by atoms with Gasteiger partial charge in [0.15, 0.2) is 6.29 Å². The summed E-state index contributed by atoms with van der Waals surface area (Å²) >= 11 is 5.58. The molecule has 1 N–H and O–H groups in total. The zero-order valence-corrected chi connectivity index (χ0v) is 9.25. The van der Waals surface area contributed by atoms with Crippen molar-refractivity contribution in [3.05, 3.63) is 0 Å². The van der Waals surface area contributed by atoms with Gasteiger partial charge in [-0.3, -0.25) is 0 Å². The summed E-state index contributed by atoms with van der Waals surface area (Å²) in [7, 11) is 3.13. The molecule has 2 atom stereocenters. The molecule has 0 unspecified atom stereocenters. The fourth-order valence-corrected chi connectivity index (χ4v) is 1.63. The van der Waals surface area contributed by atoms with Gasteiger partial charge in [0.05, 0.1) is 6.10 Å². The van der Waals surface area contributed by atoms with E-state index in [-0.39, 0.29) is 18.1 Å². The average Bonchev–Trinajstić information content (AvgIpc) is 2.17. The van der Waals surface area contributed by atoms with Crippen LogP contribution in [-0.2, 0) is 9.47 Å². The summed E-state index contributed by atoms with van der Waals surface area (Å²) in [5.74, 6) is 0.172. The zero-order chi connectivity index (χ0) is 10.3. The van der Waals surface area contributed by atoms with E-state index in [0.29, 0.717) is 0 Å². The predicted molar refractivity (Wildman–Crippen MR) is 52.9 cm³/mol. The van der Waals surface area contributed by atoms with Crippen molar-refractivity contribution in [1.82, 2.24) is 0 Å². The zero-order valence-electron chi connectivity index (χ0n) is 8.50. The molecule has 0 saturated carbocycles. The molecule has 0 saturated heterocycles. The summed E-state index contributed by atoms with van der Waals surface area (Å²) in [6.07, 6.45) is 0.891. The molecule has 0 aromatic rings. The summed E-state index contributed by atoms with van der Waals surface area (Å²) in [6, 6.07) is 0. The van der Waals surface area contributed by atoms with E-state index in [2.05, 4.69) is 6.92 Å². The normalized spacial score (nSPS) is 16.2. The Labute approximate surface area is 85.0 Å². The van der Waals surface area contributed by atoms with Crippen molar-refractivity contribution >= 4 is 11.6 Å². The third-order valence-electron chi connectivity index (χ3n) is 2.09. The first-order valence-electron chi connectivity index (χ1n) is 4.50. The van der Waals surface area contributed by atoms with Crippen LogP contribution in [0.1, 0.15) is 19.8 Å². The first kappa shape index (κ1) is 13.2. The van der Waals surface area contributed by atoms with Crippen molar-refractivity contribution in [3.63, 3.8) is 0 Å². The molecule has 0 aliphatic heterocycles. The molecule has 0 bridgehead atoms. The Hall–Kier alpha value is 0.170. The Kier molecular flexibility index (Phi) is 7.66. The number of methoxy groups -OCH3 is 2. The van der Waals surface area contributed by atoms with Crippen molar-refractivity contribution in [1.29, 1.82) is 0 Å². The number of aliphatic hydroxyl groups is 1. The van der Waals surface area contributed by atoms with Gasteiger partial charge in [0.2, 0.25) is 0 Å². The van der Waals surface area contributed by atoms with Gasteiger partial charge >= 0.3 is 0 Å². The Balaban J connectivity index is 4.19.